The normalized spacial score (nSPS) is 20.4. The smallest absolute Gasteiger partial charge is 0.231 e. The molecule has 0 radical (unpaired) electrons. The molecule has 2 aliphatic rings. The van der Waals surface area contributed by atoms with E-state index in [2.05, 4.69) is 48.3 Å². The molecule has 2 aromatic carbocycles. The van der Waals surface area contributed by atoms with Gasteiger partial charge in [-0.15, -0.1) is 0 Å². The van der Waals surface area contributed by atoms with Gasteiger partial charge in [0.1, 0.15) is 0 Å². The highest BCUT2D eigenvalue weighted by Gasteiger charge is 2.29. The zero-order valence-corrected chi connectivity index (χ0v) is 14.2. The standard InChI is InChI=1S/C21H24N2O/c1-22-13-12-16(15-22)14-21(24)23-19-8-4-2-6-17(19)10-11-18-7-3-5-9-20(18)23/h2-9,16H,10-15H2,1H3. The molecule has 2 heterocycles. The maximum absolute atomic E-state index is 13.2. The molecular weight excluding hydrogens is 296 g/mol. The summed E-state index contributed by atoms with van der Waals surface area (Å²) in [7, 11) is 2.14. The molecule has 0 N–H and O–H groups in total. The van der Waals surface area contributed by atoms with Crippen LogP contribution in [0.4, 0.5) is 11.4 Å². The average molecular weight is 320 g/mol. The Balaban J connectivity index is 1.71. The van der Waals surface area contributed by atoms with Crippen molar-refractivity contribution in [3.8, 4) is 0 Å². The molecule has 1 saturated heterocycles. The van der Waals surface area contributed by atoms with E-state index in [1.54, 1.807) is 0 Å². The summed E-state index contributed by atoms with van der Waals surface area (Å²) in [4.78, 5) is 17.6. The molecule has 124 valence electrons. The number of likely N-dealkylation sites (tertiary alicyclic amines) is 1. The Labute approximate surface area is 143 Å². The molecule has 1 unspecified atom stereocenters. The summed E-state index contributed by atoms with van der Waals surface area (Å²) < 4.78 is 0. The number of benzene rings is 2. The first-order valence-corrected chi connectivity index (χ1v) is 8.89. The monoisotopic (exact) mass is 320 g/mol. The molecule has 3 heteroatoms. The Hall–Kier alpha value is -2.13. The van der Waals surface area contributed by atoms with Gasteiger partial charge in [0.2, 0.25) is 5.91 Å². The van der Waals surface area contributed by atoms with Gasteiger partial charge in [-0.1, -0.05) is 36.4 Å². The SMILES string of the molecule is CN1CCC(CC(=O)N2c3ccccc3CCc3ccccc32)C1. The number of carbonyl (C=O) groups is 1. The van der Waals surface area contributed by atoms with Crippen LogP contribution in [0.2, 0.25) is 0 Å². The predicted molar refractivity (Wildman–Crippen MR) is 97.7 cm³/mol. The molecule has 2 aromatic rings. The molecule has 0 aromatic heterocycles. The van der Waals surface area contributed by atoms with E-state index < -0.39 is 0 Å². The van der Waals surface area contributed by atoms with Gasteiger partial charge in [0, 0.05) is 13.0 Å². The first-order chi connectivity index (χ1) is 11.7. The third-order valence-electron chi connectivity index (χ3n) is 5.33. The summed E-state index contributed by atoms with van der Waals surface area (Å²) in [6, 6.07) is 16.7. The van der Waals surface area contributed by atoms with Crippen LogP contribution >= 0.6 is 0 Å². The van der Waals surface area contributed by atoms with Crippen molar-refractivity contribution in [2.75, 3.05) is 25.0 Å². The largest absolute Gasteiger partial charge is 0.306 e. The Morgan fingerprint density at radius 1 is 1.00 bits per heavy atom. The minimum Gasteiger partial charge on any atom is -0.306 e. The van der Waals surface area contributed by atoms with Crippen molar-refractivity contribution in [3.05, 3.63) is 59.7 Å². The second-order valence-electron chi connectivity index (χ2n) is 7.11. The molecule has 0 bridgehead atoms. The maximum atomic E-state index is 13.2. The lowest BCUT2D eigenvalue weighted by Gasteiger charge is -2.26. The van der Waals surface area contributed by atoms with Crippen LogP contribution in [-0.2, 0) is 17.6 Å². The zero-order valence-electron chi connectivity index (χ0n) is 14.2. The van der Waals surface area contributed by atoms with E-state index in [0.717, 1.165) is 43.7 Å². The summed E-state index contributed by atoms with van der Waals surface area (Å²) in [5.41, 5.74) is 4.67. The molecule has 0 spiro atoms. The number of fused-ring (bicyclic) bond motifs is 2. The Morgan fingerprint density at radius 3 is 2.12 bits per heavy atom. The molecule has 0 aliphatic carbocycles. The van der Waals surface area contributed by atoms with Gasteiger partial charge >= 0.3 is 0 Å². The van der Waals surface area contributed by atoms with Crippen molar-refractivity contribution < 1.29 is 4.79 Å². The number of hydrogen-bond donors (Lipinski definition) is 0. The predicted octanol–water partition coefficient (Wildman–Crippen LogP) is 3.79. The highest BCUT2D eigenvalue weighted by atomic mass is 16.2. The van der Waals surface area contributed by atoms with Gasteiger partial charge in [0.15, 0.2) is 0 Å². The number of hydrogen-bond acceptors (Lipinski definition) is 2. The van der Waals surface area contributed by atoms with Crippen LogP contribution in [0.15, 0.2) is 48.5 Å². The lowest BCUT2D eigenvalue weighted by Crippen LogP contribution is -2.29. The van der Waals surface area contributed by atoms with Gasteiger partial charge in [-0.2, -0.15) is 0 Å². The van der Waals surface area contributed by atoms with E-state index in [9.17, 15) is 4.79 Å². The fourth-order valence-electron chi connectivity index (χ4n) is 4.08. The molecule has 2 aliphatic heterocycles. The second kappa shape index (κ2) is 6.40. The van der Waals surface area contributed by atoms with Crippen LogP contribution in [0.3, 0.4) is 0 Å². The third-order valence-corrected chi connectivity index (χ3v) is 5.33. The summed E-state index contributed by atoms with van der Waals surface area (Å²) in [6.07, 6.45) is 3.73. The number of nitrogens with zero attached hydrogens (tertiary/aromatic N) is 2. The van der Waals surface area contributed by atoms with Gasteiger partial charge in [0.25, 0.3) is 0 Å². The quantitative estimate of drug-likeness (QED) is 0.840. The third kappa shape index (κ3) is 2.84. The van der Waals surface area contributed by atoms with Gasteiger partial charge in [-0.25, -0.2) is 0 Å². The first-order valence-electron chi connectivity index (χ1n) is 8.89. The molecule has 1 atom stereocenters. The molecule has 4 rings (SSSR count). The number of anilines is 2. The lowest BCUT2D eigenvalue weighted by atomic mass is 10.0. The van der Waals surface area contributed by atoms with E-state index in [1.165, 1.54) is 11.1 Å². The van der Waals surface area contributed by atoms with Crippen molar-refractivity contribution in [1.29, 1.82) is 0 Å². The minimum absolute atomic E-state index is 0.233. The van der Waals surface area contributed by atoms with Gasteiger partial charge in [0.05, 0.1) is 11.4 Å². The van der Waals surface area contributed by atoms with E-state index in [-0.39, 0.29) is 5.91 Å². The van der Waals surface area contributed by atoms with Gasteiger partial charge in [-0.3, -0.25) is 9.69 Å². The number of para-hydroxylation sites is 2. The first kappa shape index (κ1) is 15.4. The molecule has 1 amide bonds. The number of rotatable bonds is 2. The molecule has 1 fully saturated rings. The Kier molecular flexibility index (Phi) is 4.11. The van der Waals surface area contributed by atoms with Gasteiger partial charge in [-0.05, 0) is 62.0 Å². The Bertz CT molecular complexity index is 708. The second-order valence-corrected chi connectivity index (χ2v) is 7.11. The number of aryl methyl sites for hydroxylation is 2. The van der Waals surface area contributed by atoms with Crippen molar-refractivity contribution in [2.24, 2.45) is 5.92 Å². The van der Waals surface area contributed by atoms with Crippen LogP contribution in [0, 0.1) is 5.92 Å². The number of carbonyl (C=O) groups excluding carboxylic acids is 1. The van der Waals surface area contributed by atoms with Crippen LogP contribution in [0.25, 0.3) is 0 Å². The topological polar surface area (TPSA) is 23.6 Å². The fraction of sp³-hybridized carbons (Fsp3) is 0.381. The molecule has 0 saturated carbocycles. The summed E-state index contributed by atoms with van der Waals surface area (Å²) in [6.45, 7) is 2.13. The highest BCUT2D eigenvalue weighted by Crippen LogP contribution is 2.37. The van der Waals surface area contributed by atoms with E-state index in [0.29, 0.717) is 12.3 Å². The van der Waals surface area contributed by atoms with Crippen molar-refractivity contribution in [3.63, 3.8) is 0 Å². The van der Waals surface area contributed by atoms with Crippen LogP contribution < -0.4 is 4.90 Å². The summed E-state index contributed by atoms with van der Waals surface area (Å²) in [5.74, 6) is 0.710. The van der Waals surface area contributed by atoms with Crippen molar-refractivity contribution >= 4 is 17.3 Å². The highest BCUT2D eigenvalue weighted by molar-refractivity contribution is 6.02. The van der Waals surface area contributed by atoms with E-state index in [4.69, 9.17) is 0 Å². The van der Waals surface area contributed by atoms with Crippen LogP contribution in [0.1, 0.15) is 24.0 Å². The molecular formula is C21H24N2O. The van der Waals surface area contributed by atoms with Crippen LogP contribution in [0.5, 0.6) is 0 Å². The molecule has 24 heavy (non-hydrogen) atoms. The maximum Gasteiger partial charge on any atom is 0.231 e. The lowest BCUT2D eigenvalue weighted by molar-refractivity contribution is -0.118. The van der Waals surface area contributed by atoms with Crippen molar-refractivity contribution in [2.45, 2.75) is 25.7 Å². The van der Waals surface area contributed by atoms with Crippen LogP contribution in [-0.4, -0.2) is 30.9 Å². The van der Waals surface area contributed by atoms with Crippen molar-refractivity contribution in [1.82, 2.24) is 4.90 Å². The molecule has 3 nitrogen and oxygen atoms in total. The zero-order chi connectivity index (χ0) is 16.5. The van der Waals surface area contributed by atoms with Gasteiger partial charge < -0.3 is 4.90 Å². The Morgan fingerprint density at radius 2 is 1.58 bits per heavy atom. The van der Waals surface area contributed by atoms with E-state index >= 15 is 0 Å². The summed E-state index contributed by atoms with van der Waals surface area (Å²) in [5, 5.41) is 0. The summed E-state index contributed by atoms with van der Waals surface area (Å²) >= 11 is 0. The average Bonchev–Trinajstić information content (AvgIpc) is 2.91. The number of amides is 1. The fourth-order valence-corrected chi connectivity index (χ4v) is 4.08. The van der Waals surface area contributed by atoms with E-state index in [1.807, 2.05) is 17.0 Å². The minimum atomic E-state index is 0.233.